The molecule has 0 saturated heterocycles. The quantitative estimate of drug-likeness (QED) is 0.524. The van der Waals surface area contributed by atoms with Crippen LogP contribution in [0.25, 0.3) is 0 Å². The van der Waals surface area contributed by atoms with E-state index in [1.54, 1.807) is 0 Å². The summed E-state index contributed by atoms with van der Waals surface area (Å²) in [4.78, 5) is 10.3. The van der Waals surface area contributed by atoms with E-state index in [4.69, 9.17) is 10.8 Å². The summed E-state index contributed by atoms with van der Waals surface area (Å²) in [5.41, 5.74) is 5.33. The van der Waals surface area contributed by atoms with Crippen molar-refractivity contribution in [3.63, 3.8) is 0 Å². The summed E-state index contributed by atoms with van der Waals surface area (Å²) in [5, 5.41) is 8.46. The van der Waals surface area contributed by atoms with Gasteiger partial charge in [0.25, 0.3) is 0 Å². The summed E-state index contributed by atoms with van der Waals surface area (Å²) < 4.78 is 0. The Kier molecular flexibility index (Phi) is 4.47. The van der Waals surface area contributed by atoms with Gasteiger partial charge >= 0.3 is 5.97 Å². The molecule has 0 saturated carbocycles. The second kappa shape index (κ2) is 4.57. The maximum Gasteiger partial charge on any atom is 0.320 e. The van der Waals surface area contributed by atoms with Gasteiger partial charge in [0.15, 0.2) is 0 Å². The summed E-state index contributed by atoms with van der Waals surface area (Å²) >= 11 is 3.99. The summed E-state index contributed by atoms with van der Waals surface area (Å²) in [6.07, 6.45) is 0.761. The van der Waals surface area contributed by atoms with Crippen LogP contribution in [0.3, 0.4) is 0 Å². The third kappa shape index (κ3) is 2.58. The minimum absolute atomic E-state index is 0.0131. The molecule has 0 spiro atoms. The molecule has 60 valence electrons. The predicted octanol–water partition coefficient (Wildman–Crippen LogP) is 0.354. The van der Waals surface area contributed by atoms with Gasteiger partial charge in [-0.05, 0) is 11.7 Å². The molecule has 0 aliphatic rings. The van der Waals surface area contributed by atoms with E-state index in [1.807, 2.05) is 6.92 Å². The van der Waals surface area contributed by atoms with Crippen molar-refractivity contribution >= 4 is 18.6 Å². The van der Waals surface area contributed by atoms with Crippen LogP contribution < -0.4 is 5.73 Å². The molecular weight excluding hydrogens is 150 g/mol. The molecule has 0 aromatic rings. The monoisotopic (exact) mass is 163 g/mol. The average Bonchev–Trinajstić information content (AvgIpc) is 1.90. The highest BCUT2D eigenvalue weighted by atomic mass is 32.1. The van der Waals surface area contributed by atoms with Crippen molar-refractivity contribution in [3.05, 3.63) is 0 Å². The third-order valence-corrected chi connectivity index (χ3v) is 2.02. The van der Waals surface area contributed by atoms with Crippen LogP contribution in [-0.4, -0.2) is 22.9 Å². The second-order valence-corrected chi connectivity index (χ2v) is 2.58. The van der Waals surface area contributed by atoms with Crippen LogP contribution >= 0.6 is 12.6 Å². The zero-order valence-corrected chi connectivity index (χ0v) is 6.84. The molecule has 3 nitrogen and oxygen atoms in total. The Morgan fingerprint density at radius 1 is 1.80 bits per heavy atom. The van der Waals surface area contributed by atoms with Crippen LogP contribution in [0.4, 0.5) is 0 Å². The number of aliphatic carboxylic acids is 1. The van der Waals surface area contributed by atoms with Gasteiger partial charge in [0.05, 0.1) is 0 Å². The zero-order chi connectivity index (χ0) is 8.15. The summed E-state index contributed by atoms with van der Waals surface area (Å²) in [5.74, 6) is -0.425. The van der Waals surface area contributed by atoms with Gasteiger partial charge in [-0.1, -0.05) is 13.3 Å². The van der Waals surface area contributed by atoms with Gasteiger partial charge in [0.2, 0.25) is 0 Å². The number of hydrogen-bond donors (Lipinski definition) is 3. The van der Waals surface area contributed by atoms with E-state index < -0.39 is 12.0 Å². The highest BCUT2D eigenvalue weighted by Crippen LogP contribution is 2.08. The van der Waals surface area contributed by atoms with Crippen LogP contribution in [0.5, 0.6) is 0 Å². The molecule has 0 aromatic heterocycles. The molecule has 0 fully saturated rings. The van der Waals surface area contributed by atoms with E-state index in [1.165, 1.54) is 0 Å². The summed E-state index contributed by atoms with van der Waals surface area (Å²) in [7, 11) is 0. The Balaban J connectivity index is 3.88. The van der Waals surface area contributed by atoms with Crippen molar-refractivity contribution in [2.24, 2.45) is 11.7 Å². The lowest BCUT2D eigenvalue weighted by Crippen LogP contribution is -2.38. The van der Waals surface area contributed by atoms with E-state index in [0.29, 0.717) is 5.75 Å². The first kappa shape index (κ1) is 9.78. The average molecular weight is 163 g/mol. The fraction of sp³-hybridized carbons (Fsp3) is 0.833. The first-order valence-electron chi connectivity index (χ1n) is 3.22. The lowest BCUT2D eigenvalue weighted by molar-refractivity contribution is -0.139. The number of carbonyl (C=O) groups is 1. The van der Waals surface area contributed by atoms with Gasteiger partial charge in [0.1, 0.15) is 6.04 Å². The molecule has 0 bridgehead atoms. The molecule has 0 aromatic carbocycles. The molecule has 0 amide bonds. The van der Waals surface area contributed by atoms with Crippen molar-refractivity contribution in [2.45, 2.75) is 19.4 Å². The van der Waals surface area contributed by atoms with Crippen molar-refractivity contribution in [3.8, 4) is 0 Å². The number of carboxylic acid groups (broad SMARTS) is 1. The number of nitrogens with two attached hydrogens (primary N) is 1. The van der Waals surface area contributed by atoms with Crippen LogP contribution in [-0.2, 0) is 4.79 Å². The minimum atomic E-state index is -0.944. The number of hydrogen-bond acceptors (Lipinski definition) is 3. The van der Waals surface area contributed by atoms with Crippen molar-refractivity contribution < 1.29 is 9.90 Å². The Morgan fingerprint density at radius 2 is 2.30 bits per heavy atom. The van der Waals surface area contributed by atoms with Gasteiger partial charge in [-0.15, -0.1) is 0 Å². The predicted molar refractivity (Wildman–Crippen MR) is 43.2 cm³/mol. The molecule has 0 radical (unpaired) electrons. The van der Waals surface area contributed by atoms with Crippen molar-refractivity contribution in [1.29, 1.82) is 0 Å². The van der Waals surface area contributed by atoms with E-state index in [0.717, 1.165) is 6.42 Å². The van der Waals surface area contributed by atoms with Gasteiger partial charge in [-0.3, -0.25) is 4.79 Å². The number of thiol groups is 1. The highest BCUT2D eigenvalue weighted by Gasteiger charge is 2.20. The smallest absolute Gasteiger partial charge is 0.320 e. The number of carboxylic acids is 1. The largest absolute Gasteiger partial charge is 0.480 e. The molecule has 0 aliphatic heterocycles. The van der Waals surface area contributed by atoms with Crippen LogP contribution in [0.2, 0.25) is 0 Å². The van der Waals surface area contributed by atoms with E-state index in [-0.39, 0.29) is 5.92 Å². The van der Waals surface area contributed by atoms with Crippen LogP contribution in [0.15, 0.2) is 0 Å². The van der Waals surface area contributed by atoms with Gasteiger partial charge < -0.3 is 10.8 Å². The Hall–Kier alpha value is -0.220. The van der Waals surface area contributed by atoms with Crippen molar-refractivity contribution in [2.75, 3.05) is 5.75 Å². The van der Waals surface area contributed by atoms with E-state index >= 15 is 0 Å². The Bertz CT molecular complexity index is 114. The maximum absolute atomic E-state index is 10.3. The highest BCUT2D eigenvalue weighted by molar-refractivity contribution is 7.80. The first-order chi connectivity index (χ1) is 4.63. The normalized spacial score (nSPS) is 16.3. The van der Waals surface area contributed by atoms with Crippen LogP contribution in [0, 0.1) is 5.92 Å². The second-order valence-electron chi connectivity index (χ2n) is 2.21. The molecule has 4 heteroatoms. The van der Waals surface area contributed by atoms with Gasteiger partial charge in [0, 0.05) is 0 Å². The molecular formula is C6H13NO2S. The zero-order valence-electron chi connectivity index (χ0n) is 5.95. The molecule has 2 atom stereocenters. The molecule has 0 aliphatic carbocycles. The van der Waals surface area contributed by atoms with E-state index in [9.17, 15) is 4.79 Å². The fourth-order valence-corrected chi connectivity index (χ4v) is 1.18. The minimum Gasteiger partial charge on any atom is -0.480 e. The third-order valence-electron chi connectivity index (χ3n) is 1.55. The van der Waals surface area contributed by atoms with E-state index in [2.05, 4.69) is 12.6 Å². The van der Waals surface area contributed by atoms with Gasteiger partial charge in [-0.2, -0.15) is 12.6 Å². The van der Waals surface area contributed by atoms with Gasteiger partial charge in [-0.25, -0.2) is 0 Å². The summed E-state index contributed by atoms with van der Waals surface area (Å²) in [6, 6.07) is -0.762. The first-order valence-corrected chi connectivity index (χ1v) is 3.86. The molecule has 0 rings (SSSR count). The Morgan fingerprint density at radius 3 is 2.40 bits per heavy atom. The SMILES string of the molecule is CCC(CS)[C@H](N)C(=O)O. The standard InChI is InChI=1S/C6H13NO2S/c1-2-4(3-10)5(7)6(8)9/h4-5,10H,2-3,7H2,1H3,(H,8,9)/t4?,5-/m0/s1. The lowest BCUT2D eigenvalue weighted by Gasteiger charge is -2.15. The fourth-order valence-electron chi connectivity index (χ4n) is 0.698. The molecule has 10 heavy (non-hydrogen) atoms. The summed E-state index contributed by atoms with van der Waals surface area (Å²) in [6.45, 7) is 1.91. The Labute approximate surface area is 66.0 Å². The number of rotatable bonds is 4. The molecule has 1 unspecified atom stereocenters. The maximum atomic E-state index is 10.3. The van der Waals surface area contributed by atoms with Crippen LogP contribution in [0.1, 0.15) is 13.3 Å². The van der Waals surface area contributed by atoms with Crippen molar-refractivity contribution in [1.82, 2.24) is 0 Å². The molecule has 3 N–H and O–H groups in total. The topological polar surface area (TPSA) is 63.3 Å². The molecule has 0 heterocycles. The lowest BCUT2D eigenvalue weighted by atomic mass is 10.0.